The first kappa shape index (κ1) is 19.3. The average Bonchev–Trinajstić information content (AvgIpc) is 2.98. The van der Waals surface area contributed by atoms with Gasteiger partial charge in [-0.05, 0) is 50.0 Å². The molecule has 1 amide bonds. The number of amides is 1. The first-order valence-electron chi connectivity index (χ1n) is 8.19. The van der Waals surface area contributed by atoms with Crippen molar-refractivity contribution in [1.82, 2.24) is 5.32 Å². The fourth-order valence-corrected chi connectivity index (χ4v) is 2.98. The number of hydrogen-bond acceptors (Lipinski definition) is 4. The van der Waals surface area contributed by atoms with Crippen LogP contribution in [0.4, 0.5) is 5.69 Å². The van der Waals surface area contributed by atoms with E-state index in [9.17, 15) is 4.79 Å². The molecule has 0 aromatic heterocycles. The van der Waals surface area contributed by atoms with Crippen LogP contribution in [0.5, 0.6) is 5.75 Å². The molecule has 2 unspecified atom stereocenters. The molecule has 3 rings (SSSR count). The molecule has 2 saturated heterocycles. The van der Waals surface area contributed by atoms with E-state index < -0.39 is 0 Å². The molecule has 1 aromatic rings. The van der Waals surface area contributed by atoms with Crippen molar-refractivity contribution >= 4 is 35.6 Å². The fourth-order valence-electron chi connectivity index (χ4n) is 2.81. The Bertz CT molecular complexity index is 561. The van der Waals surface area contributed by atoms with Gasteiger partial charge in [0.1, 0.15) is 12.4 Å². The van der Waals surface area contributed by atoms with Gasteiger partial charge in [-0.2, -0.15) is 0 Å². The van der Waals surface area contributed by atoms with Gasteiger partial charge >= 0.3 is 0 Å². The number of carbonyl (C=O) groups is 1. The lowest BCUT2D eigenvalue weighted by atomic mass is 9.88. The summed E-state index contributed by atoms with van der Waals surface area (Å²) in [5, 5.41) is 6.72. The Morgan fingerprint density at radius 1 is 1.50 bits per heavy atom. The van der Waals surface area contributed by atoms with Gasteiger partial charge in [-0.1, -0.05) is 18.5 Å². The maximum absolute atomic E-state index is 12.4. The Morgan fingerprint density at radius 2 is 2.29 bits per heavy atom. The highest BCUT2D eigenvalue weighted by molar-refractivity contribution is 6.31. The lowest BCUT2D eigenvalue weighted by Gasteiger charge is -2.31. The predicted molar refractivity (Wildman–Crippen MR) is 97.3 cm³/mol. The summed E-state index contributed by atoms with van der Waals surface area (Å²) in [6, 6.07) is 5.29. The van der Waals surface area contributed by atoms with Crippen LogP contribution in [0.1, 0.15) is 19.8 Å². The van der Waals surface area contributed by atoms with Gasteiger partial charge in [-0.3, -0.25) is 4.79 Å². The Labute approximate surface area is 153 Å². The number of ether oxygens (including phenoxy) is 2. The molecule has 5 nitrogen and oxygen atoms in total. The minimum Gasteiger partial charge on any atom is -0.489 e. The monoisotopic (exact) mass is 374 g/mol. The SMILES string of the molecule is CC(C(=O)Nc1cc(Cl)ccc1OCC1CCCO1)C1CNC1.Cl. The largest absolute Gasteiger partial charge is 0.489 e. The maximum atomic E-state index is 12.4. The van der Waals surface area contributed by atoms with Crippen LogP contribution in [0.3, 0.4) is 0 Å². The molecule has 1 aromatic carbocycles. The molecule has 0 bridgehead atoms. The average molecular weight is 375 g/mol. The van der Waals surface area contributed by atoms with E-state index in [1.165, 1.54) is 0 Å². The summed E-state index contributed by atoms with van der Waals surface area (Å²) in [5.41, 5.74) is 0.625. The lowest BCUT2D eigenvalue weighted by molar-refractivity contribution is -0.121. The Balaban J connectivity index is 0.00000208. The lowest BCUT2D eigenvalue weighted by Crippen LogP contribution is -2.48. The van der Waals surface area contributed by atoms with Gasteiger partial charge in [0.15, 0.2) is 0 Å². The van der Waals surface area contributed by atoms with Crippen molar-refractivity contribution in [2.75, 3.05) is 31.6 Å². The van der Waals surface area contributed by atoms with Crippen LogP contribution >= 0.6 is 24.0 Å². The van der Waals surface area contributed by atoms with Crippen molar-refractivity contribution in [3.05, 3.63) is 23.2 Å². The molecule has 0 saturated carbocycles. The summed E-state index contributed by atoms with van der Waals surface area (Å²) >= 11 is 6.07. The summed E-state index contributed by atoms with van der Waals surface area (Å²) in [7, 11) is 0. The molecule has 2 N–H and O–H groups in total. The Hall–Kier alpha value is -1.01. The number of hydrogen-bond donors (Lipinski definition) is 2. The molecule has 2 aliphatic heterocycles. The van der Waals surface area contributed by atoms with E-state index in [-0.39, 0.29) is 30.3 Å². The Kier molecular flexibility index (Phi) is 7.16. The van der Waals surface area contributed by atoms with E-state index in [1.807, 2.05) is 6.92 Å². The summed E-state index contributed by atoms with van der Waals surface area (Å²) in [6.07, 6.45) is 2.22. The predicted octanol–water partition coefficient (Wildman–Crippen LogP) is 3.11. The van der Waals surface area contributed by atoms with Crippen molar-refractivity contribution in [2.24, 2.45) is 11.8 Å². The highest BCUT2D eigenvalue weighted by atomic mass is 35.5. The van der Waals surface area contributed by atoms with Crippen LogP contribution in [0.15, 0.2) is 18.2 Å². The number of nitrogens with one attached hydrogen (secondary N) is 2. The normalized spacial score (nSPS) is 21.5. The van der Waals surface area contributed by atoms with Crippen LogP contribution in [0, 0.1) is 11.8 Å². The van der Waals surface area contributed by atoms with E-state index in [0.29, 0.717) is 29.0 Å². The van der Waals surface area contributed by atoms with E-state index >= 15 is 0 Å². The van der Waals surface area contributed by atoms with Crippen LogP contribution in [-0.4, -0.2) is 38.3 Å². The quantitative estimate of drug-likeness (QED) is 0.802. The molecule has 134 valence electrons. The van der Waals surface area contributed by atoms with Crippen molar-refractivity contribution < 1.29 is 14.3 Å². The van der Waals surface area contributed by atoms with Gasteiger partial charge in [0.05, 0.1) is 11.8 Å². The second-order valence-corrected chi connectivity index (χ2v) is 6.72. The molecule has 0 radical (unpaired) electrons. The first-order chi connectivity index (χ1) is 11.1. The van der Waals surface area contributed by atoms with Gasteiger partial charge in [-0.15, -0.1) is 12.4 Å². The van der Waals surface area contributed by atoms with Gasteiger partial charge < -0.3 is 20.1 Å². The standard InChI is InChI=1S/C17H23ClN2O3.ClH/c1-11(12-8-19-9-12)17(21)20-15-7-13(18)4-5-16(15)23-10-14-3-2-6-22-14;/h4-5,7,11-12,14,19H,2-3,6,8-10H2,1H3,(H,20,21);1H. The minimum absolute atomic E-state index is 0. The zero-order valence-electron chi connectivity index (χ0n) is 13.7. The second kappa shape index (κ2) is 8.90. The van der Waals surface area contributed by atoms with Gasteiger partial charge in [0.25, 0.3) is 0 Å². The molecule has 24 heavy (non-hydrogen) atoms. The zero-order valence-corrected chi connectivity index (χ0v) is 15.3. The third-order valence-electron chi connectivity index (χ3n) is 4.58. The highest BCUT2D eigenvalue weighted by Crippen LogP contribution is 2.30. The third-order valence-corrected chi connectivity index (χ3v) is 4.82. The smallest absolute Gasteiger partial charge is 0.227 e. The van der Waals surface area contributed by atoms with Gasteiger partial charge in [0, 0.05) is 17.5 Å². The minimum atomic E-state index is -0.0405. The van der Waals surface area contributed by atoms with E-state index in [0.717, 1.165) is 32.5 Å². The third kappa shape index (κ3) is 4.76. The maximum Gasteiger partial charge on any atom is 0.227 e. The molecule has 0 spiro atoms. The van der Waals surface area contributed by atoms with Crippen molar-refractivity contribution in [3.63, 3.8) is 0 Å². The summed E-state index contributed by atoms with van der Waals surface area (Å²) in [5.74, 6) is 0.990. The van der Waals surface area contributed by atoms with Crippen LogP contribution < -0.4 is 15.4 Å². The summed E-state index contributed by atoms with van der Waals surface area (Å²) < 4.78 is 11.4. The fraction of sp³-hybridized carbons (Fsp3) is 0.588. The van der Waals surface area contributed by atoms with E-state index in [1.54, 1.807) is 18.2 Å². The topological polar surface area (TPSA) is 59.6 Å². The zero-order chi connectivity index (χ0) is 16.2. The number of rotatable bonds is 6. The van der Waals surface area contributed by atoms with Crippen LogP contribution in [-0.2, 0) is 9.53 Å². The van der Waals surface area contributed by atoms with E-state index in [4.69, 9.17) is 21.1 Å². The molecule has 2 aliphatic rings. The molecule has 2 fully saturated rings. The second-order valence-electron chi connectivity index (χ2n) is 6.28. The van der Waals surface area contributed by atoms with Gasteiger partial charge in [0.2, 0.25) is 5.91 Å². The highest BCUT2D eigenvalue weighted by Gasteiger charge is 2.29. The van der Waals surface area contributed by atoms with Crippen molar-refractivity contribution in [1.29, 1.82) is 0 Å². The number of halogens is 2. The summed E-state index contributed by atoms with van der Waals surface area (Å²) in [6.45, 7) is 5.04. The number of benzene rings is 1. The van der Waals surface area contributed by atoms with Crippen LogP contribution in [0.25, 0.3) is 0 Å². The number of carbonyl (C=O) groups excluding carboxylic acids is 1. The van der Waals surface area contributed by atoms with Crippen molar-refractivity contribution in [3.8, 4) is 5.75 Å². The molecule has 2 heterocycles. The first-order valence-corrected chi connectivity index (χ1v) is 8.57. The molecular formula is C17H24Cl2N2O3. The van der Waals surface area contributed by atoms with Gasteiger partial charge in [-0.25, -0.2) is 0 Å². The summed E-state index contributed by atoms with van der Waals surface area (Å²) in [4.78, 5) is 12.4. The number of anilines is 1. The molecule has 7 heteroatoms. The molecular weight excluding hydrogens is 351 g/mol. The van der Waals surface area contributed by atoms with Crippen molar-refractivity contribution in [2.45, 2.75) is 25.9 Å². The van der Waals surface area contributed by atoms with E-state index in [2.05, 4.69) is 10.6 Å². The molecule has 2 atom stereocenters. The van der Waals surface area contributed by atoms with Crippen LogP contribution in [0.2, 0.25) is 5.02 Å². The Morgan fingerprint density at radius 3 is 2.92 bits per heavy atom. The molecule has 0 aliphatic carbocycles.